The number of nitrogens with zero attached hydrogens (tertiary/aromatic N) is 1. The van der Waals surface area contributed by atoms with Gasteiger partial charge >= 0.3 is 0 Å². The van der Waals surface area contributed by atoms with Crippen LogP contribution in [0.4, 0.5) is 5.69 Å². The number of nitrogens with one attached hydrogen (secondary N) is 1. The van der Waals surface area contributed by atoms with Crippen LogP contribution >= 0.6 is 0 Å². The number of carbonyl (C=O) groups is 1. The zero-order valence-electron chi connectivity index (χ0n) is 11.8. The second-order valence-corrected chi connectivity index (χ2v) is 5.90. The van der Waals surface area contributed by atoms with Gasteiger partial charge in [-0.15, -0.1) is 0 Å². The van der Waals surface area contributed by atoms with Crippen LogP contribution in [0.1, 0.15) is 42.1 Å². The van der Waals surface area contributed by atoms with E-state index >= 15 is 0 Å². The van der Waals surface area contributed by atoms with E-state index in [1.54, 1.807) is 0 Å². The van der Waals surface area contributed by atoms with Gasteiger partial charge in [0.2, 0.25) is 0 Å². The Morgan fingerprint density at radius 1 is 1.42 bits per heavy atom. The van der Waals surface area contributed by atoms with E-state index in [-0.39, 0.29) is 5.91 Å². The minimum Gasteiger partial charge on any atom is -0.385 e. The van der Waals surface area contributed by atoms with Crippen molar-refractivity contribution in [1.29, 1.82) is 0 Å². The summed E-state index contributed by atoms with van der Waals surface area (Å²) in [5, 5.41) is 3.38. The fourth-order valence-corrected chi connectivity index (χ4v) is 2.89. The zero-order valence-corrected chi connectivity index (χ0v) is 11.8. The summed E-state index contributed by atoms with van der Waals surface area (Å²) in [5.74, 6) is 0.876. The van der Waals surface area contributed by atoms with Crippen LogP contribution in [-0.4, -0.2) is 30.4 Å². The Hall–Kier alpha value is -1.51. The molecule has 1 heterocycles. The molecule has 1 saturated carbocycles. The summed E-state index contributed by atoms with van der Waals surface area (Å²) in [6.07, 6.45) is 4.77. The summed E-state index contributed by atoms with van der Waals surface area (Å²) in [6, 6.07) is 6.44. The predicted molar refractivity (Wildman–Crippen MR) is 77.5 cm³/mol. The maximum absolute atomic E-state index is 12.5. The van der Waals surface area contributed by atoms with Gasteiger partial charge in [-0.1, -0.05) is 0 Å². The molecule has 102 valence electrons. The second-order valence-electron chi connectivity index (χ2n) is 5.90. The van der Waals surface area contributed by atoms with Crippen molar-refractivity contribution in [2.75, 3.05) is 18.9 Å². The highest BCUT2D eigenvalue weighted by Crippen LogP contribution is 2.35. The molecular formula is C16H22N2O. The number of anilines is 1. The summed E-state index contributed by atoms with van der Waals surface area (Å²) in [5.41, 5.74) is 3.31. The van der Waals surface area contributed by atoms with Crippen molar-refractivity contribution in [2.45, 2.75) is 38.6 Å². The van der Waals surface area contributed by atoms with Gasteiger partial charge < -0.3 is 10.2 Å². The van der Waals surface area contributed by atoms with Crippen molar-refractivity contribution in [3.8, 4) is 0 Å². The molecule has 0 aromatic heterocycles. The first-order valence-electron chi connectivity index (χ1n) is 7.31. The molecule has 0 radical (unpaired) electrons. The van der Waals surface area contributed by atoms with E-state index in [0.717, 1.165) is 24.9 Å². The minimum absolute atomic E-state index is 0.160. The molecule has 19 heavy (non-hydrogen) atoms. The van der Waals surface area contributed by atoms with E-state index in [4.69, 9.17) is 0 Å². The summed E-state index contributed by atoms with van der Waals surface area (Å²) in [4.78, 5) is 14.4. The highest BCUT2D eigenvalue weighted by Gasteiger charge is 2.32. The van der Waals surface area contributed by atoms with Crippen LogP contribution in [0.5, 0.6) is 0 Å². The first-order valence-corrected chi connectivity index (χ1v) is 7.31. The van der Waals surface area contributed by atoms with Gasteiger partial charge in [0.1, 0.15) is 0 Å². The molecule has 0 bridgehead atoms. The minimum atomic E-state index is 0.160. The molecule has 0 saturated heterocycles. The monoisotopic (exact) mass is 258 g/mol. The normalized spacial score (nSPS) is 19.3. The lowest BCUT2D eigenvalue weighted by Gasteiger charge is -2.26. The highest BCUT2D eigenvalue weighted by atomic mass is 16.2. The van der Waals surface area contributed by atoms with E-state index in [2.05, 4.69) is 24.4 Å². The smallest absolute Gasteiger partial charge is 0.253 e. The van der Waals surface area contributed by atoms with Gasteiger partial charge in [0.15, 0.2) is 0 Å². The lowest BCUT2D eigenvalue weighted by Crippen LogP contribution is -2.36. The maximum atomic E-state index is 12.5. The number of amides is 1. The SMILES string of the molecule is CC(C1CC1)N(C)C(=O)c1ccc2c(c1)CCCN2. The Bertz CT molecular complexity index is 494. The van der Waals surface area contributed by atoms with Crippen LogP contribution in [0.25, 0.3) is 0 Å². The highest BCUT2D eigenvalue weighted by molar-refractivity contribution is 5.95. The molecule has 1 N–H and O–H groups in total. The van der Waals surface area contributed by atoms with Gasteiger partial charge in [-0.2, -0.15) is 0 Å². The fourth-order valence-electron chi connectivity index (χ4n) is 2.89. The number of aryl methyl sites for hydroxylation is 1. The van der Waals surface area contributed by atoms with Crippen LogP contribution in [0.3, 0.4) is 0 Å². The van der Waals surface area contributed by atoms with Crippen LogP contribution < -0.4 is 5.32 Å². The number of hydrogen-bond acceptors (Lipinski definition) is 2. The topological polar surface area (TPSA) is 32.3 Å². The van der Waals surface area contributed by atoms with Crippen LogP contribution in [0.2, 0.25) is 0 Å². The van der Waals surface area contributed by atoms with Crippen LogP contribution in [0, 0.1) is 5.92 Å². The number of carbonyl (C=O) groups excluding carboxylic acids is 1. The summed E-state index contributed by atoms with van der Waals surface area (Å²) >= 11 is 0. The number of hydrogen-bond donors (Lipinski definition) is 1. The lowest BCUT2D eigenvalue weighted by molar-refractivity contribution is 0.0727. The average Bonchev–Trinajstić information content (AvgIpc) is 3.29. The van der Waals surface area contributed by atoms with Crippen molar-refractivity contribution in [2.24, 2.45) is 5.92 Å². The quantitative estimate of drug-likeness (QED) is 0.904. The molecule has 1 amide bonds. The second kappa shape index (κ2) is 4.87. The lowest BCUT2D eigenvalue weighted by atomic mass is 10.00. The molecule has 1 aromatic rings. The molecule has 1 unspecified atom stereocenters. The Morgan fingerprint density at radius 2 is 2.21 bits per heavy atom. The van der Waals surface area contributed by atoms with Gasteiger partial charge in [0.05, 0.1) is 0 Å². The van der Waals surface area contributed by atoms with Crippen molar-refractivity contribution in [1.82, 2.24) is 4.90 Å². The van der Waals surface area contributed by atoms with E-state index in [1.807, 2.05) is 18.0 Å². The first kappa shape index (κ1) is 12.5. The Labute approximate surface area is 115 Å². The Morgan fingerprint density at radius 3 is 2.95 bits per heavy atom. The van der Waals surface area contributed by atoms with Gasteiger partial charge in [0, 0.05) is 30.9 Å². The molecule has 3 nitrogen and oxygen atoms in total. The van der Waals surface area contributed by atoms with E-state index < -0.39 is 0 Å². The molecule has 0 spiro atoms. The van der Waals surface area contributed by atoms with E-state index in [0.29, 0.717) is 12.0 Å². The fraction of sp³-hybridized carbons (Fsp3) is 0.562. The third-order valence-corrected chi connectivity index (χ3v) is 4.53. The Kier molecular flexibility index (Phi) is 3.21. The van der Waals surface area contributed by atoms with Crippen molar-refractivity contribution in [3.05, 3.63) is 29.3 Å². The molecule has 1 aliphatic heterocycles. The number of rotatable bonds is 3. The number of benzene rings is 1. The van der Waals surface area contributed by atoms with Crippen molar-refractivity contribution in [3.63, 3.8) is 0 Å². The van der Waals surface area contributed by atoms with Gasteiger partial charge in [-0.25, -0.2) is 0 Å². The third-order valence-electron chi connectivity index (χ3n) is 4.53. The van der Waals surface area contributed by atoms with Crippen LogP contribution in [-0.2, 0) is 6.42 Å². The summed E-state index contributed by atoms with van der Waals surface area (Å²) < 4.78 is 0. The molecule has 1 atom stereocenters. The van der Waals surface area contributed by atoms with Crippen LogP contribution in [0.15, 0.2) is 18.2 Å². The molecule has 2 aliphatic rings. The molecule has 1 aliphatic carbocycles. The first-order chi connectivity index (χ1) is 9.16. The van der Waals surface area contributed by atoms with Crippen molar-refractivity contribution >= 4 is 11.6 Å². The molecule has 1 fully saturated rings. The Balaban J connectivity index is 1.79. The molecule has 3 heteroatoms. The van der Waals surface area contributed by atoms with Gasteiger partial charge in [0.25, 0.3) is 5.91 Å². The molecular weight excluding hydrogens is 236 g/mol. The van der Waals surface area contributed by atoms with Gasteiger partial charge in [-0.3, -0.25) is 4.79 Å². The number of fused-ring (bicyclic) bond motifs is 1. The largest absolute Gasteiger partial charge is 0.385 e. The standard InChI is InChI=1S/C16H22N2O/c1-11(12-5-6-12)18(2)16(19)14-7-8-15-13(10-14)4-3-9-17-15/h7-8,10-12,17H,3-6,9H2,1-2H3. The molecule has 3 rings (SSSR count). The molecule has 1 aromatic carbocycles. The average molecular weight is 258 g/mol. The van der Waals surface area contributed by atoms with E-state index in [9.17, 15) is 4.79 Å². The van der Waals surface area contributed by atoms with Gasteiger partial charge in [-0.05, 0) is 62.3 Å². The third kappa shape index (κ3) is 2.46. The zero-order chi connectivity index (χ0) is 13.4. The van der Waals surface area contributed by atoms with E-state index in [1.165, 1.54) is 24.1 Å². The summed E-state index contributed by atoms with van der Waals surface area (Å²) in [6.45, 7) is 3.20. The maximum Gasteiger partial charge on any atom is 0.253 e. The summed E-state index contributed by atoms with van der Waals surface area (Å²) in [7, 11) is 1.93. The van der Waals surface area contributed by atoms with Crippen molar-refractivity contribution < 1.29 is 4.79 Å². The predicted octanol–water partition coefficient (Wildman–Crippen LogP) is 2.92.